The average Bonchev–Trinajstić information content (AvgIpc) is 3.15. The van der Waals surface area contributed by atoms with Crippen molar-refractivity contribution in [3.8, 4) is 67.5 Å². The summed E-state index contributed by atoms with van der Waals surface area (Å²) in [6.45, 7) is 0. The Labute approximate surface area is 268 Å². The van der Waals surface area contributed by atoms with Crippen LogP contribution in [-0.2, 0) is 0 Å². The zero-order chi connectivity index (χ0) is 30.7. The highest BCUT2D eigenvalue weighted by molar-refractivity contribution is 6.04. The monoisotopic (exact) mass is 587 g/mol. The average molecular weight is 588 g/mol. The fraction of sp³-hybridized carbons (Fsp3) is 0. The van der Waals surface area contributed by atoms with Gasteiger partial charge in [-0.05, 0) is 50.2 Å². The van der Waals surface area contributed by atoms with E-state index in [2.05, 4.69) is 158 Å². The van der Waals surface area contributed by atoms with Crippen molar-refractivity contribution in [3.05, 3.63) is 176 Å². The molecule has 216 valence electrons. The lowest BCUT2D eigenvalue weighted by Gasteiger charge is -2.13. The number of hydrogen-bond donors (Lipinski definition) is 0. The fourth-order valence-electron chi connectivity index (χ4n) is 6.00. The van der Waals surface area contributed by atoms with Gasteiger partial charge in [-0.2, -0.15) is 0 Å². The Bertz CT molecular complexity index is 2160. The number of aromatic nitrogens is 3. The summed E-state index contributed by atoms with van der Waals surface area (Å²) in [6, 6.07) is 61.0. The van der Waals surface area contributed by atoms with Crippen LogP contribution in [0.5, 0.6) is 0 Å². The molecular weight excluding hydrogens is 558 g/mol. The van der Waals surface area contributed by atoms with Crippen molar-refractivity contribution >= 4 is 10.8 Å². The van der Waals surface area contributed by atoms with Crippen molar-refractivity contribution in [2.45, 2.75) is 0 Å². The van der Waals surface area contributed by atoms with Crippen LogP contribution in [0.4, 0.5) is 0 Å². The third-order valence-corrected chi connectivity index (χ3v) is 8.39. The minimum absolute atomic E-state index is 0.642. The topological polar surface area (TPSA) is 38.7 Å². The van der Waals surface area contributed by atoms with Crippen molar-refractivity contribution in [1.82, 2.24) is 15.0 Å². The Hall–Kier alpha value is -6.19. The molecule has 7 aromatic carbocycles. The molecule has 0 N–H and O–H groups in total. The molecule has 0 saturated heterocycles. The minimum atomic E-state index is 0.642. The van der Waals surface area contributed by atoms with Gasteiger partial charge in [0.05, 0.1) is 0 Å². The minimum Gasteiger partial charge on any atom is -0.208 e. The largest absolute Gasteiger partial charge is 0.208 e. The molecule has 0 atom stereocenters. The van der Waals surface area contributed by atoms with Crippen molar-refractivity contribution in [2.75, 3.05) is 0 Å². The van der Waals surface area contributed by atoms with Crippen LogP contribution in [0, 0.1) is 0 Å². The lowest BCUT2D eigenvalue weighted by Crippen LogP contribution is -2.01. The van der Waals surface area contributed by atoms with Crippen molar-refractivity contribution < 1.29 is 0 Å². The second-order valence-corrected chi connectivity index (χ2v) is 11.3. The number of fused-ring (bicyclic) bond motifs is 1. The van der Waals surface area contributed by atoms with Gasteiger partial charge in [0, 0.05) is 16.7 Å². The highest BCUT2D eigenvalue weighted by Crippen LogP contribution is 2.36. The SMILES string of the molecule is c1ccc(-c2ccc(-c3nc(-c4ccc(-c5ccccc5)cc4)nc(-c4ccc(-c5ccccc5)c5ccccc45)n3)cc2)cc1. The maximum Gasteiger partial charge on any atom is 0.164 e. The zero-order valence-electron chi connectivity index (χ0n) is 25.1. The first kappa shape index (κ1) is 27.4. The van der Waals surface area contributed by atoms with Crippen LogP contribution >= 0.6 is 0 Å². The standard InChI is InChI=1S/C43H29N3/c1-4-12-30(13-5-1)32-20-24-35(25-21-32)41-44-42(36-26-22-33(23-27-36)31-14-6-2-7-15-31)46-43(45-41)40-29-28-37(34-16-8-3-9-17-34)38-18-10-11-19-39(38)40/h1-29H. The molecule has 3 heteroatoms. The first-order valence-electron chi connectivity index (χ1n) is 15.5. The molecule has 3 nitrogen and oxygen atoms in total. The molecule has 0 spiro atoms. The number of hydrogen-bond acceptors (Lipinski definition) is 3. The summed E-state index contributed by atoms with van der Waals surface area (Å²) in [7, 11) is 0. The first-order valence-corrected chi connectivity index (χ1v) is 15.5. The molecule has 8 rings (SSSR count). The van der Waals surface area contributed by atoms with E-state index in [1.807, 2.05) is 18.2 Å². The molecule has 0 amide bonds. The predicted molar refractivity (Wildman–Crippen MR) is 190 cm³/mol. The summed E-state index contributed by atoms with van der Waals surface area (Å²) in [5.74, 6) is 1.93. The van der Waals surface area contributed by atoms with E-state index >= 15 is 0 Å². The molecule has 0 radical (unpaired) electrons. The van der Waals surface area contributed by atoms with E-state index in [0.717, 1.165) is 38.6 Å². The second-order valence-electron chi connectivity index (χ2n) is 11.3. The lowest BCUT2D eigenvalue weighted by molar-refractivity contribution is 1.08. The highest BCUT2D eigenvalue weighted by atomic mass is 15.0. The summed E-state index contributed by atoms with van der Waals surface area (Å²) in [5.41, 5.74) is 9.87. The van der Waals surface area contributed by atoms with Crippen LogP contribution in [0.2, 0.25) is 0 Å². The van der Waals surface area contributed by atoms with Crippen LogP contribution in [-0.4, -0.2) is 15.0 Å². The van der Waals surface area contributed by atoms with Crippen LogP contribution < -0.4 is 0 Å². The Balaban J connectivity index is 1.27. The summed E-state index contributed by atoms with van der Waals surface area (Å²) < 4.78 is 0. The zero-order valence-corrected chi connectivity index (χ0v) is 25.1. The molecule has 46 heavy (non-hydrogen) atoms. The first-order chi connectivity index (χ1) is 22.8. The number of benzene rings is 7. The maximum atomic E-state index is 5.10. The van der Waals surface area contributed by atoms with Gasteiger partial charge >= 0.3 is 0 Å². The molecule has 0 bridgehead atoms. The lowest BCUT2D eigenvalue weighted by atomic mass is 9.94. The van der Waals surface area contributed by atoms with Gasteiger partial charge in [-0.25, -0.2) is 15.0 Å². The summed E-state index contributed by atoms with van der Waals surface area (Å²) in [6.07, 6.45) is 0. The van der Waals surface area contributed by atoms with E-state index in [1.54, 1.807) is 0 Å². The van der Waals surface area contributed by atoms with Crippen molar-refractivity contribution in [1.29, 1.82) is 0 Å². The fourth-order valence-corrected chi connectivity index (χ4v) is 6.00. The van der Waals surface area contributed by atoms with Crippen molar-refractivity contribution in [3.63, 3.8) is 0 Å². The van der Waals surface area contributed by atoms with Gasteiger partial charge in [0.15, 0.2) is 17.5 Å². The second kappa shape index (κ2) is 12.1. The number of nitrogens with zero attached hydrogens (tertiary/aromatic N) is 3. The quantitative estimate of drug-likeness (QED) is 0.194. The molecular formula is C43H29N3. The van der Waals surface area contributed by atoms with E-state index in [-0.39, 0.29) is 0 Å². The van der Waals surface area contributed by atoms with Crippen LogP contribution in [0.25, 0.3) is 78.3 Å². The maximum absolute atomic E-state index is 5.10. The number of rotatable bonds is 6. The van der Waals surface area contributed by atoms with E-state index in [0.29, 0.717) is 17.5 Å². The molecule has 1 aromatic heterocycles. The molecule has 0 aliphatic heterocycles. The third-order valence-electron chi connectivity index (χ3n) is 8.39. The Morgan fingerprint density at radius 3 is 1.02 bits per heavy atom. The van der Waals surface area contributed by atoms with Crippen LogP contribution in [0.15, 0.2) is 176 Å². The molecule has 0 aliphatic carbocycles. The van der Waals surface area contributed by atoms with Gasteiger partial charge < -0.3 is 0 Å². The van der Waals surface area contributed by atoms with Gasteiger partial charge in [-0.15, -0.1) is 0 Å². The Morgan fingerprint density at radius 1 is 0.217 bits per heavy atom. The normalized spacial score (nSPS) is 11.0. The summed E-state index contributed by atoms with van der Waals surface area (Å²) >= 11 is 0. The summed E-state index contributed by atoms with van der Waals surface area (Å²) in [5, 5.41) is 2.26. The van der Waals surface area contributed by atoms with E-state index in [4.69, 9.17) is 15.0 Å². The van der Waals surface area contributed by atoms with Crippen LogP contribution in [0.3, 0.4) is 0 Å². The van der Waals surface area contributed by atoms with Crippen molar-refractivity contribution in [2.24, 2.45) is 0 Å². The van der Waals surface area contributed by atoms with Gasteiger partial charge in [0.25, 0.3) is 0 Å². The smallest absolute Gasteiger partial charge is 0.164 e. The van der Waals surface area contributed by atoms with Crippen LogP contribution in [0.1, 0.15) is 0 Å². The van der Waals surface area contributed by atoms with Gasteiger partial charge in [0.2, 0.25) is 0 Å². The molecule has 0 unspecified atom stereocenters. The third kappa shape index (κ3) is 5.36. The summed E-state index contributed by atoms with van der Waals surface area (Å²) in [4.78, 5) is 15.2. The van der Waals surface area contributed by atoms with Gasteiger partial charge in [0.1, 0.15) is 0 Å². The predicted octanol–water partition coefficient (Wildman–Crippen LogP) is 11.0. The Kier molecular flexibility index (Phi) is 7.18. The molecule has 0 saturated carbocycles. The Morgan fingerprint density at radius 2 is 0.543 bits per heavy atom. The molecule has 8 aromatic rings. The van der Waals surface area contributed by atoms with E-state index < -0.39 is 0 Å². The van der Waals surface area contributed by atoms with E-state index in [1.165, 1.54) is 22.3 Å². The highest BCUT2D eigenvalue weighted by Gasteiger charge is 2.16. The molecule has 0 fully saturated rings. The van der Waals surface area contributed by atoms with Gasteiger partial charge in [-0.3, -0.25) is 0 Å². The van der Waals surface area contributed by atoms with E-state index in [9.17, 15) is 0 Å². The molecule has 1 heterocycles. The molecule has 0 aliphatic rings. The van der Waals surface area contributed by atoms with Gasteiger partial charge in [-0.1, -0.05) is 170 Å².